The number of ether oxygens (including phenoxy) is 1. The van der Waals surface area contributed by atoms with Gasteiger partial charge in [0.15, 0.2) is 5.03 Å². The Hall–Kier alpha value is -1.13. The minimum atomic E-state index is -3.81. The van der Waals surface area contributed by atoms with Gasteiger partial charge < -0.3 is 10.1 Å². The van der Waals surface area contributed by atoms with Crippen LogP contribution in [0.3, 0.4) is 0 Å². The predicted molar refractivity (Wildman–Crippen MR) is 71.7 cm³/mol. The van der Waals surface area contributed by atoms with Crippen LogP contribution in [0, 0.1) is 0 Å². The molecule has 0 saturated heterocycles. The molecule has 104 valence electrons. The van der Waals surface area contributed by atoms with Gasteiger partial charge in [0, 0.05) is 14.0 Å². The summed E-state index contributed by atoms with van der Waals surface area (Å²) in [5.74, 6) is -1.09. The average molecular weight is 322 g/mol. The van der Waals surface area contributed by atoms with Crippen molar-refractivity contribution in [2.75, 3.05) is 14.2 Å². The predicted octanol–water partition coefficient (Wildman–Crippen LogP) is 0.346. The van der Waals surface area contributed by atoms with E-state index < -0.39 is 21.9 Å². The van der Waals surface area contributed by atoms with Crippen molar-refractivity contribution in [2.24, 2.45) is 0 Å². The number of amides is 1. The Kier molecular flexibility index (Phi) is 3.58. The molecule has 2 heterocycles. The van der Waals surface area contributed by atoms with E-state index in [1.807, 2.05) is 0 Å². The standard InChI is InChI=1S/C9H10N2O5S3/c1-4(12)10-8-6-5(11(2)19(8,14)15)7(18-17-6)9(13)16-3/h1-3H3,(H,10,12). The fraction of sp³-hybridized carbons (Fsp3) is 0.333. The molecule has 1 N–H and O–H groups in total. The normalized spacial score (nSPS) is 20.7. The number of likely N-dealkylation sites (N-methyl/N-ethyl adjacent to an activating group) is 1. The SMILES string of the molecule is COC(=O)C1=C2C(=C(NC(C)=O)S(=O)(=O)N2C)SS1. The summed E-state index contributed by atoms with van der Waals surface area (Å²) in [6, 6.07) is 0. The molecule has 0 fully saturated rings. The first kappa shape index (κ1) is 14.3. The van der Waals surface area contributed by atoms with Crippen molar-refractivity contribution < 1.29 is 22.7 Å². The number of hydrogen-bond donors (Lipinski definition) is 1. The Balaban J connectivity index is 2.61. The number of methoxy groups -OCH3 is 1. The van der Waals surface area contributed by atoms with Crippen molar-refractivity contribution in [3.8, 4) is 0 Å². The van der Waals surface area contributed by atoms with E-state index in [1.165, 1.54) is 21.1 Å². The van der Waals surface area contributed by atoms with Crippen LogP contribution in [-0.4, -0.2) is 38.8 Å². The lowest BCUT2D eigenvalue weighted by molar-refractivity contribution is -0.135. The molecule has 0 aliphatic carbocycles. The first-order valence-electron chi connectivity index (χ1n) is 4.99. The summed E-state index contributed by atoms with van der Waals surface area (Å²) in [6.45, 7) is 1.22. The molecule has 7 nitrogen and oxygen atoms in total. The molecule has 0 aromatic rings. The molecule has 10 heteroatoms. The lowest BCUT2D eigenvalue weighted by Crippen LogP contribution is -2.29. The van der Waals surface area contributed by atoms with Crippen molar-refractivity contribution in [3.63, 3.8) is 0 Å². The Morgan fingerprint density at radius 2 is 1.95 bits per heavy atom. The lowest BCUT2D eigenvalue weighted by Gasteiger charge is -2.14. The van der Waals surface area contributed by atoms with Crippen molar-refractivity contribution >= 4 is 43.5 Å². The zero-order valence-corrected chi connectivity index (χ0v) is 12.7. The maximum Gasteiger partial charge on any atom is 0.347 e. The molecule has 2 aliphatic heterocycles. The number of hydrogen-bond acceptors (Lipinski definition) is 7. The molecule has 2 rings (SSSR count). The maximum atomic E-state index is 12.1. The third kappa shape index (κ3) is 2.13. The van der Waals surface area contributed by atoms with Crippen molar-refractivity contribution in [1.29, 1.82) is 0 Å². The van der Waals surface area contributed by atoms with Crippen LogP contribution < -0.4 is 5.32 Å². The summed E-state index contributed by atoms with van der Waals surface area (Å²) in [7, 11) is 0.954. The highest BCUT2D eigenvalue weighted by Crippen LogP contribution is 2.56. The molecule has 0 aromatic carbocycles. The van der Waals surface area contributed by atoms with Crippen LogP contribution in [0.15, 0.2) is 20.5 Å². The summed E-state index contributed by atoms with van der Waals surface area (Å²) in [6.07, 6.45) is 0. The molecule has 0 unspecified atom stereocenters. The third-order valence-corrected chi connectivity index (χ3v) is 6.72. The summed E-state index contributed by atoms with van der Waals surface area (Å²) in [4.78, 5) is 23.3. The van der Waals surface area contributed by atoms with E-state index in [2.05, 4.69) is 10.1 Å². The van der Waals surface area contributed by atoms with Crippen LogP contribution in [0.5, 0.6) is 0 Å². The van der Waals surface area contributed by atoms with Gasteiger partial charge in [0.05, 0.1) is 17.7 Å². The number of nitrogens with one attached hydrogen (secondary N) is 1. The topological polar surface area (TPSA) is 92.8 Å². The molecular formula is C9H10N2O5S3. The Morgan fingerprint density at radius 1 is 1.32 bits per heavy atom. The Morgan fingerprint density at radius 3 is 2.47 bits per heavy atom. The second-order valence-corrected chi connectivity index (χ2v) is 7.70. The number of nitrogens with zero attached hydrogens (tertiary/aromatic N) is 1. The number of carbonyl (C=O) groups excluding carboxylic acids is 2. The molecule has 0 aromatic heterocycles. The second-order valence-electron chi connectivity index (χ2n) is 3.65. The van der Waals surface area contributed by atoms with Crippen LogP contribution in [0.25, 0.3) is 0 Å². The Labute approximate surface area is 117 Å². The zero-order valence-electron chi connectivity index (χ0n) is 10.2. The van der Waals surface area contributed by atoms with Crippen molar-refractivity contribution in [1.82, 2.24) is 9.62 Å². The van der Waals surface area contributed by atoms with Gasteiger partial charge in [0.2, 0.25) is 5.91 Å². The molecule has 0 saturated carbocycles. The second kappa shape index (κ2) is 4.76. The highest BCUT2D eigenvalue weighted by atomic mass is 33.1. The van der Waals surface area contributed by atoms with Gasteiger partial charge in [-0.25, -0.2) is 4.79 Å². The summed E-state index contributed by atoms with van der Waals surface area (Å²) in [5.41, 5.74) is 0.255. The molecule has 2 aliphatic rings. The van der Waals surface area contributed by atoms with E-state index in [-0.39, 0.29) is 15.6 Å². The van der Waals surface area contributed by atoms with Crippen LogP contribution in [0.4, 0.5) is 0 Å². The summed E-state index contributed by atoms with van der Waals surface area (Å²) >= 11 is 0. The highest BCUT2D eigenvalue weighted by molar-refractivity contribution is 8.80. The van der Waals surface area contributed by atoms with E-state index in [0.29, 0.717) is 4.91 Å². The molecule has 0 bridgehead atoms. The van der Waals surface area contributed by atoms with Gasteiger partial charge in [-0.15, -0.1) is 0 Å². The van der Waals surface area contributed by atoms with E-state index in [4.69, 9.17) is 0 Å². The molecule has 1 amide bonds. The molecular weight excluding hydrogens is 312 g/mol. The van der Waals surface area contributed by atoms with E-state index in [1.54, 1.807) is 0 Å². The maximum absolute atomic E-state index is 12.1. The van der Waals surface area contributed by atoms with Crippen LogP contribution >= 0.6 is 21.6 Å². The average Bonchev–Trinajstić information content (AvgIpc) is 2.83. The van der Waals surface area contributed by atoms with Gasteiger partial charge in [0.25, 0.3) is 10.0 Å². The monoisotopic (exact) mass is 322 g/mol. The fourth-order valence-electron chi connectivity index (χ4n) is 1.58. The van der Waals surface area contributed by atoms with Crippen LogP contribution in [0.1, 0.15) is 6.92 Å². The fourth-order valence-corrected chi connectivity index (χ4v) is 6.16. The zero-order chi connectivity index (χ0) is 14.4. The van der Waals surface area contributed by atoms with Gasteiger partial charge in [-0.3, -0.25) is 9.10 Å². The molecule has 0 spiro atoms. The number of sulfonamides is 1. The Bertz CT molecular complexity index is 634. The van der Waals surface area contributed by atoms with Gasteiger partial charge in [-0.05, 0) is 21.6 Å². The number of esters is 1. The molecule has 0 atom stereocenters. The van der Waals surface area contributed by atoms with Crippen LogP contribution in [-0.2, 0) is 24.3 Å². The first-order chi connectivity index (χ1) is 8.80. The largest absolute Gasteiger partial charge is 0.465 e. The van der Waals surface area contributed by atoms with E-state index in [9.17, 15) is 18.0 Å². The summed E-state index contributed by atoms with van der Waals surface area (Å²) < 4.78 is 29.9. The first-order valence-corrected chi connectivity index (χ1v) is 8.58. The number of carbonyl (C=O) groups is 2. The third-order valence-electron chi connectivity index (χ3n) is 2.44. The smallest absolute Gasteiger partial charge is 0.347 e. The molecule has 19 heavy (non-hydrogen) atoms. The quantitative estimate of drug-likeness (QED) is 0.579. The summed E-state index contributed by atoms with van der Waals surface area (Å²) in [5, 5.41) is 2.12. The van der Waals surface area contributed by atoms with Crippen LogP contribution in [0.2, 0.25) is 0 Å². The van der Waals surface area contributed by atoms with Crippen molar-refractivity contribution in [2.45, 2.75) is 6.92 Å². The van der Waals surface area contributed by atoms with E-state index in [0.717, 1.165) is 25.9 Å². The highest BCUT2D eigenvalue weighted by Gasteiger charge is 2.46. The van der Waals surface area contributed by atoms with E-state index >= 15 is 0 Å². The van der Waals surface area contributed by atoms with Gasteiger partial charge in [-0.2, -0.15) is 8.42 Å². The number of rotatable bonds is 2. The van der Waals surface area contributed by atoms with Gasteiger partial charge >= 0.3 is 5.97 Å². The van der Waals surface area contributed by atoms with Gasteiger partial charge in [-0.1, -0.05) is 0 Å². The van der Waals surface area contributed by atoms with Crippen molar-refractivity contribution in [3.05, 3.63) is 20.5 Å². The number of fused-ring (bicyclic) bond motifs is 1. The lowest BCUT2D eigenvalue weighted by atomic mass is 10.3. The minimum absolute atomic E-state index is 0.186. The minimum Gasteiger partial charge on any atom is -0.465 e. The van der Waals surface area contributed by atoms with Gasteiger partial charge in [0.1, 0.15) is 4.91 Å². The molecule has 0 radical (unpaired) electrons.